The summed E-state index contributed by atoms with van der Waals surface area (Å²) in [7, 11) is 3.97. The molecule has 0 aliphatic heterocycles. The topological polar surface area (TPSA) is 90.2 Å². The van der Waals surface area contributed by atoms with Crippen molar-refractivity contribution in [3.63, 3.8) is 0 Å². The highest BCUT2D eigenvalue weighted by Gasteiger charge is 2.22. The number of hydrogen-bond donors (Lipinski definition) is 0. The molecular weight excluding hydrogens is 394 g/mol. The van der Waals surface area contributed by atoms with Crippen molar-refractivity contribution < 1.29 is 14.3 Å². The Morgan fingerprint density at radius 3 is 2.32 bits per heavy atom. The highest BCUT2D eigenvalue weighted by Crippen LogP contribution is 2.31. The standard InChI is InChI=1S/C23H29N5O3/c1-14(29)22-19-9-18(17-10-24-15(2)25-11-17)16(12-27(6)7)8-20(19)28(26-22)13-21(30)31-23(3,4)5/h8-11H,12-13H2,1-7H3. The van der Waals surface area contributed by atoms with E-state index >= 15 is 0 Å². The first-order chi connectivity index (χ1) is 14.4. The predicted octanol–water partition coefficient (Wildman–Crippen LogP) is 3.41. The largest absolute Gasteiger partial charge is 0.459 e. The molecule has 0 atom stereocenters. The van der Waals surface area contributed by atoms with Gasteiger partial charge >= 0.3 is 5.97 Å². The van der Waals surface area contributed by atoms with Gasteiger partial charge in [0.2, 0.25) is 0 Å². The van der Waals surface area contributed by atoms with Crippen LogP contribution in [0.15, 0.2) is 24.5 Å². The van der Waals surface area contributed by atoms with Crippen LogP contribution in [0, 0.1) is 6.92 Å². The number of fused-ring (bicyclic) bond motifs is 1. The number of Topliss-reactive ketones (excluding diaryl/α,β-unsaturated/α-hetero) is 1. The van der Waals surface area contributed by atoms with Gasteiger partial charge in [0.1, 0.15) is 23.7 Å². The number of aryl methyl sites for hydroxylation is 1. The predicted molar refractivity (Wildman–Crippen MR) is 119 cm³/mol. The van der Waals surface area contributed by atoms with E-state index in [-0.39, 0.29) is 12.3 Å². The fraction of sp³-hybridized carbons (Fsp3) is 0.435. The monoisotopic (exact) mass is 423 g/mol. The first-order valence-corrected chi connectivity index (χ1v) is 10.1. The first-order valence-electron chi connectivity index (χ1n) is 10.1. The van der Waals surface area contributed by atoms with E-state index in [9.17, 15) is 9.59 Å². The Hall–Kier alpha value is -3.13. The molecule has 0 unspecified atom stereocenters. The summed E-state index contributed by atoms with van der Waals surface area (Å²) in [6, 6.07) is 3.92. The van der Waals surface area contributed by atoms with E-state index in [2.05, 4.69) is 20.0 Å². The smallest absolute Gasteiger partial charge is 0.328 e. The van der Waals surface area contributed by atoms with E-state index in [4.69, 9.17) is 4.74 Å². The summed E-state index contributed by atoms with van der Waals surface area (Å²) in [4.78, 5) is 35.5. The van der Waals surface area contributed by atoms with Crippen molar-refractivity contribution in [3.8, 4) is 11.1 Å². The lowest BCUT2D eigenvalue weighted by atomic mass is 9.98. The molecule has 0 aliphatic rings. The minimum absolute atomic E-state index is 0.0740. The molecule has 0 aliphatic carbocycles. The average molecular weight is 424 g/mol. The minimum atomic E-state index is -0.599. The van der Waals surface area contributed by atoms with E-state index in [1.807, 2.05) is 53.9 Å². The molecule has 0 spiro atoms. The van der Waals surface area contributed by atoms with Gasteiger partial charge in [-0.3, -0.25) is 14.3 Å². The van der Waals surface area contributed by atoms with Gasteiger partial charge in [-0.25, -0.2) is 9.97 Å². The Morgan fingerprint density at radius 1 is 1.13 bits per heavy atom. The Bertz CT molecular complexity index is 1120. The SMILES string of the molecule is CC(=O)c1nn(CC(=O)OC(C)(C)C)c2cc(CN(C)C)c(-c3cnc(C)nc3)cc12. The number of ether oxygens (including phenoxy) is 1. The lowest BCUT2D eigenvalue weighted by Gasteiger charge is -2.19. The fourth-order valence-electron chi connectivity index (χ4n) is 3.41. The molecule has 3 aromatic rings. The highest BCUT2D eigenvalue weighted by atomic mass is 16.6. The first kappa shape index (κ1) is 22.6. The third-order valence-electron chi connectivity index (χ3n) is 4.59. The molecular formula is C23H29N5O3. The maximum absolute atomic E-state index is 12.4. The van der Waals surface area contributed by atoms with Gasteiger partial charge in [-0.05, 0) is 65.0 Å². The van der Waals surface area contributed by atoms with Crippen LogP contribution in [-0.4, -0.2) is 56.1 Å². The van der Waals surface area contributed by atoms with Crippen molar-refractivity contribution in [1.82, 2.24) is 24.6 Å². The van der Waals surface area contributed by atoms with E-state index in [0.29, 0.717) is 29.0 Å². The third kappa shape index (κ3) is 5.32. The number of aromatic nitrogens is 4. The molecule has 8 heteroatoms. The molecule has 2 heterocycles. The number of hydrogen-bond acceptors (Lipinski definition) is 7. The van der Waals surface area contributed by atoms with Crippen molar-refractivity contribution in [2.24, 2.45) is 0 Å². The summed E-state index contributed by atoms with van der Waals surface area (Å²) in [6.07, 6.45) is 3.56. The van der Waals surface area contributed by atoms with E-state index in [1.165, 1.54) is 6.92 Å². The van der Waals surface area contributed by atoms with E-state index in [1.54, 1.807) is 17.1 Å². The van der Waals surface area contributed by atoms with Crippen LogP contribution >= 0.6 is 0 Å². The molecule has 2 aromatic heterocycles. The number of esters is 1. The number of ketones is 1. The van der Waals surface area contributed by atoms with Gasteiger partial charge < -0.3 is 9.64 Å². The van der Waals surface area contributed by atoms with Crippen LogP contribution in [0.3, 0.4) is 0 Å². The molecule has 8 nitrogen and oxygen atoms in total. The summed E-state index contributed by atoms with van der Waals surface area (Å²) in [6.45, 7) is 9.35. The third-order valence-corrected chi connectivity index (χ3v) is 4.59. The Kier molecular flexibility index (Phi) is 6.22. The molecule has 0 saturated heterocycles. The fourth-order valence-corrected chi connectivity index (χ4v) is 3.41. The maximum Gasteiger partial charge on any atom is 0.328 e. The second kappa shape index (κ2) is 8.55. The summed E-state index contributed by atoms with van der Waals surface area (Å²) < 4.78 is 7.00. The summed E-state index contributed by atoms with van der Waals surface area (Å²) in [5.74, 6) is 0.116. The van der Waals surface area contributed by atoms with Crippen molar-refractivity contribution in [3.05, 3.63) is 41.6 Å². The van der Waals surface area contributed by atoms with Gasteiger partial charge in [-0.15, -0.1) is 0 Å². The van der Waals surface area contributed by atoms with Crippen LogP contribution in [0.25, 0.3) is 22.0 Å². The summed E-state index contributed by atoms with van der Waals surface area (Å²) >= 11 is 0. The zero-order valence-corrected chi connectivity index (χ0v) is 19.2. The molecule has 3 rings (SSSR count). The molecule has 0 amide bonds. The van der Waals surface area contributed by atoms with Gasteiger partial charge in [0.25, 0.3) is 0 Å². The molecule has 0 radical (unpaired) electrons. The van der Waals surface area contributed by atoms with Crippen molar-refractivity contribution in [2.75, 3.05) is 14.1 Å². The second-order valence-corrected chi connectivity index (χ2v) is 8.93. The number of nitrogens with zero attached hydrogens (tertiary/aromatic N) is 5. The van der Waals surface area contributed by atoms with Crippen molar-refractivity contribution >= 4 is 22.7 Å². The number of benzene rings is 1. The number of rotatable bonds is 6. The van der Waals surface area contributed by atoms with Gasteiger partial charge in [0, 0.05) is 36.8 Å². The van der Waals surface area contributed by atoms with E-state index < -0.39 is 11.6 Å². The van der Waals surface area contributed by atoms with E-state index in [0.717, 1.165) is 16.7 Å². The second-order valence-electron chi connectivity index (χ2n) is 8.93. The molecule has 0 N–H and O–H groups in total. The van der Waals surface area contributed by atoms with Crippen molar-refractivity contribution in [1.29, 1.82) is 0 Å². The number of carbonyl (C=O) groups excluding carboxylic acids is 2. The van der Waals surface area contributed by atoms with Gasteiger partial charge in [0.05, 0.1) is 5.52 Å². The zero-order chi connectivity index (χ0) is 22.9. The number of carbonyl (C=O) groups is 2. The lowest BCUT2D eigenvalue weighted by molar-refractivity contribution is -0.155. The molecule has 164 valence electrons. The van der Waals surface area contributed by atoms with Gasteiger partial charge in [-0.1, -0.05) is 0 Å². The molecule has 0 fully saturated rings. The average Bonchev–Trinajstić information content (AvgIpc) is 2.97. The van der Waals surface area contributed by atoms with Crippen LogP contribution in [0.5, 0.6) is 0 Å². The normalized spacial score (nSPS) is 11.9. The Balaban J connectivity index is 2.18. The molecule has 0 saturated carbocycles. The van der Waals surface area contributed by atoms with Crippen LogP contribution in [-0.2, 0) is 22.6 Å². The highest BCUT2D eigenvalue weighted by molar-refractivity contribution is 6.06. The zero-order valence-electron chi connectivity index (χ0n) is 19.2. The lowest BCUT2D eigenvalue weighted by Crippen LogP contribution is -2.26. The van der Waals surface area contributed by atoms with Crippen LogP contribution in [0.4, 0.5) is 0 Å². The molecule has 31 heavy (non-hydrogen) atoms. The Morgan fingerprint density at radius 2 is 1.77 bits per heavy atom. The quantitative estimate of drug-likeness (QED) is 0.443. The van der Waals surface area contributed by atoms with Crippen LogP contribution in [0.2, 0.25) is 0 Å². The van der Waals surface area contributed by atoms with Gasteiger partial charge in [0.15, 0.2) is 5.78 Å². The minimum Gasteiger partial charge on any atom is -0.459 e. The molecule has 1 aromatic carbocycles. The maximum atomic E-state index is 12.4. The van der Waals surface area contributed by atoms with Crippen molar-refractivity contribution in [2.45, 2.75) is 53.3 Å². The summed E-state index contributed by atoms with van der Waals surface area (Å²) in [5, 5.41) is 5.14. The Labute approximate surface area is 182 Å². The van der Waals surface area contributed by atoms with Crippen LogP contribution < -0.4 is 0 Å². The molecule has 0 bridgehead atoms. The summed E-state index contributed by atoms with van der Waals surface area (Å²) in [5.41, 5.74) is 3.25. The van der Waals surface area contributed by atoms with Gasteiger partial charge in [-0.2, -0.15) is 5.10 Å². The van der Waals surface area contributed by atoms with Crippen LogP contribution in [0.1, 0.15) is 49.6 Å².